The van der Waals surface area contributed by atoms with Gasteiger partial charge in [-0.05, 0) is 6.07 Å². The Kier molecular flexibility index (Phi) is 3.55. The fourth-order valence-corrected chi connectivity index (χ4v) is 2.44. The predicted octanol–water partition coefficient (Wildman–Crippen LogP) is 1.48. The van der Waals surface area contributed by atoms with Crippen molar-refractivity contribution >= 4 is 17.3 Å². The second-order valence-corrected chi connectivity index (χ2v) is 4.73. The van der Waals surface area contributed by atoms with E-state index in [1.54, 1.807) is 0 Å². The van der Waals surface area contributed by atoms with Crippen molar-refractivity contribution in [3.05, 3.63) is 28.8 Å². The van der Waals surface area contributed by atoms with Gasteiger partial charge in [-0.1, -0.05) is 0 Å². The number of carboxylic acids is 1. The highest BCUT2D eigenvalue weighted by molar-refractivity contribution is 7.09. The SMILES string of the molecule is NC(CC(=O)O)Cc1nc(-c2cc[nH]c2)cs1. The molecule has 17 heavy (non-hydrogen) atoms. The van der Waals surface area contributed by atoms with Gasteiger partial charge >= 0.3 is 5.97 Å². The first-order valence-electron chi connectivity index (χ1n) is 5.20. The lowest BCUT2D eigenvalue weighted by atomic mass is 10.1. The van der Waals surface area contributed by atoms with Crippen molar-refractivity contribution in [2.24, 2.45) is 5.73 Å². The van der Waals surface area contributed by atoms with Crippen molar-refractivity contribution in [2.45, 2.75) is 18.9 Å². The number of aromatic nitrogens is 2. The van der Waals surface area contributed by atoms with Gasteiger partial charge in [-0.2, -0.15) is 0 Å². The maximum Gasteiger partial charge on any atom is 0.304 e. The van der Waals surface area contributed by atoms with E-state index < -0.39 is 5.97 Å². The van der Waals surface area contributed by atoms with E-state index >= 15 is 0 Å². The summed E-state index contributed by atoms with van der Waals surface area (Å²) in [6.45, 7) is 0. The number of carbonyl (C=O) groups is 1. The summed E-state index contributed by atoms with van der Waals surface area (Å²) in [5.41, 5.74) is 7.64. The molecule has 0 saturated heterocycles. The minimum Gasteiger partial charge on any atom is -0.481 e. The van der Waals surface area contributed by atoms with Crippen LogP contribution in [0, 0.1) is 0 Å². The van der Waals surface area contributed by atoms with Crippen LogP contribution in [-0.4, -0.2) is 27.1 Å². The second-order valence-electron chi connectivity index (χ2n) is 3.79. The van der Waals surface area contributed by atoms with Gasteiger partial charge in [0.2, 0.25) is 0 Å². The average molecular weight is 251 g/mol. The molecule has 0 aliphatic rings. The molecule has 4 N–H and O–H groups in total. The number of carboxylic acid groups (broad SMARTS) is 1. The molecule has 90 valence electrons. The Balaban J connectivity index is 2.01. The number of aliphatic carboxylic acids is 1. The predicted molar refractivity (Wildman–Crippen MR) is 65.8 cm³/mol. The molecule has 1 unspecified atom stereocenters. The topological polar surface area (TPSA) is 92.0 Å². The van der Waals surface area contributed by atoms with Crippen LogP contribution in [0.15, 0.2) is 23.8 Å². The van der Waals surface area contributed by atoms with Gasteiger partial charge in [0.15, 0.2) is 0 Å². The molecule has 0 aromatic carbocycles. The third-order valence-electron chi connectivity index (χ3n) is 2.32. The van der Waals surface area contributed by atoms with Crippen LogP contribution in [0.3, 0.4) is 0 Å². The minimum absolute atomic E-state index is 0.0287. The van der Waals surface area contributed by atoms with Crippen LogP contribution in [0.5, 0.6) is 0 Å². The van der Waals surface area contributed by atoms with Gasteiger partial charge < -0.3 is 15.8 Å². The first-order valence-corrected chi connectivity index (χ1v) is 6.08. The maximum atomic E-state index is 10.5. The quantitative estimate of drug-likeness (QED) is 0.750. The minimum atomic E-state index is -0.875. The molecule has 5 nitrogen and oxygen atoms in total. The number of H-pyrrole nitrogens is 1. The molecule has 0 saturated carbocycles. The molecule has 0 amide bonds. The van der Waals surface area contributed by atoms with Crippen LogP contribution in [0.2, 0.25) is 0 Å². The normalized spacial score (nSPS) is 12.5. The Hall–Kier alpha value is -1.66. The van der Waals surface area contributed by atoms with Gasteiger partial charge in [0.05, 0.1) is 17.1 Å². The van der Waals surface area contributed by atoms with Gasteiger partial charge in [0.1, 0.15) is 0 Å². The lowest BCUT2D eigenvalue weighted by Gasteiger charge is -2.05. The molecule has 2 aromatic heterocycles. The molecule has 0 radical (unpaired) electrons. The zero-order valence-electron chi connectivity index (χ0n) is 9.09. The summed E-state index contributed by atoms with van der Waals surface area (Å²) in [5.74, 6) is -0.875. The summed E-state index contributed by atoms with van der Waals surface area (Å²) in [7, 11) is 0. The molecular formula is C11H13N3O2S. The summed E-state index contributed by atoms with van der Waals surface area (Å²) >= 11 is 1.51. The Labute approximate surface area is 102 Å². The van der Waals surface area contributed by atoms with E-state index in [1.165, 1.54) is 11.3 Å². The van der Waals surface area contributed by atoms with Crippen molar-refractivity contribution in [3.8, 4) is 11.3 Å². The molecule has 0 aliphatic carbocycles. The fraction of sp³-hybridized carbons (Fsp3) is 0.273. The number of rotatable bonds is 5. The van der Waals surface area contributed by atoms with Gasteiger partial charge in [-0.3, -0.25) is 4.79 Å². The lowest BCUT2D eigenvalue weighted by molar-refractivity contribution is -0.137. The lowest BCUT2D eigenvalue weighted by Crippen LogP contribution is -2.25. The number of hydrogen-bond donors (Lipinski definition) is 3. The number of aromatic amines is 1. The molecule has 2 heterocycles. The van der Waals surface area contributed by atoms with Gasteiger partial charge in [0, 0.05) is 35.8 Å². The fourth-order valence-electron chi connectivity index (χ4n) is 1.54. The van der Waals surface area contributed by atoms with Crippen molar-refractivity contribution in [1.82, 2.24) is 9.97 Å². The molecule has 0 aliphatic heterocycles. The van der Waals surface area contributed by atoms with E-state index in [1.807, 2.05) is 23.8 Å². The summed E-state index contributed by atoms with van der Waals surface area (Å²) < 4.78 is 0. The number of nitrogens with two attached hydrogens (primary N) is 1. The Morgan fingerprint density at radius 3 is 3.12 bits per heavy atom. The third kappa shape index (κ3) is 3.15. The number of nitrogens with zero attached hydrogens (tertiary/aromatic N) is 1. The summed E-state index contributed by atoms with van der Waals surface area (Å²) in [6.07, 6.45) is 4.18. The first-order chi connectivity index (χ1) is 8.15. The molecule has 1 atom stereocenters. The Morgan fingerprint density at radius 2 is 2.47 bits per heavy atom. The number of nitrogens with one attached hydrogen (secondary N) is 1. The van der Waals surface area contributed by atoms with E-state index in [4.69, 9.17) is 10.8 Å². The van der Waals surface area contributed by atoms with Crippen LogP contribution in [-0.2, 0) is 11.2 Å². The van der Waals surface area contributed by atoms with Gasteiger partial charge in [0.25, 0.3) is 0 Å². The monoisotopic (exact) mass is 251 g/mol. The van der Waals surface area contributed by atoms with E-state index in [0.717, 1.165) is 16.3 Å². The molecule has 0 spiro atoms. The van der Waals surface area contributed by atoms with Gasteiger partial charge in [-0.15, -0.1) is 11.3 Å². The van der Waals surface area contributed by atoms with Gasteiger partial charge in [-0.25, -0.2) is 4.98 Å². The highest BCUT2D eigenvalue weighted by Gasteiger charge is 2.12. The molecule has 2 rings (SSSR count). The summed E-state index contributed by atoms with van der Waals surface area (Å²) in [4.78, 5) is 17.9. The van der Waals surface area contributed by atoms with Crippen molar-refractivity contribution in [3.63, 3.8) is 0 Å². The first kappa shape index (κ1) is 11.8. The van der Waals surface area contributed by atoms with Crippen LogP contribution >= 0.6 is 11.3 Å². The van der Waals surface area contributed by atoms with Crippen molar-refractivity contribution in [2.75, 3.05) is 0 Å². The summed E-state index contributed by atoms with van der Waals surface area (Å²) in [6, 6.07) is 1.56. The third-order valence-corrected chi connectivity index (χ3v) is 3.19. The molecule has 2 aromatic rings. The van der Waals surface area contributed by atoms with E-state index in [2.05, 4.69) is 9.97 Å². The van der Waals surface area contributed by atoms with E-state index in [0.29, 0.717) is 6.42 Å². The van der Waals surface area contributed by atoms with Crippen LogP contribution in [0.1, 0.15) is 11.4 Å². The van der Waals surface area contributed by atoms with Crippen molar-refractivity contribution < 1.29 is 9.90 Å². The number of hydrogen-bond acceptors (Lipinski definition) is 4. The zero-order chi connectivity index (χ0) is 12.3. The average Bonchev–Trinajstić information content (AvgIpc) is 2.84. The molecule has 6 heteroatoms. The van der Waals surface area contributed by atoms with Crippen molar-refractivity contribution in [1.29, 1.82) is 0 Å². The van der Waals surface area contributed by atoms with E-state index in [9.17, 15) is 4.79 Å². The van der Waals surface area contributed by atoms with Crippen LogP contribution < -0.4 is 5.73 Å². The Morgan fingerprint density at radius 1 is 1.65 bits per heavy atom. The maximum absolute atomic E-state index is 10.5. The van der Waals surface area contributed by atoms with E-state index in [-0.39, 0.29) is 12.5 Å². The Bertz CT molecular complexity index is 493. The number of thiazole rings is 1. The smallest absolute Gasteiger partial charge is 0.304 e. The zero-order valence-corrected chi connectivity index (χ0v) is 9.91. The highest BCUT2D eigenvalue weighted by atomic mass is 32.1. The largest absolute Gasteiger partial charge is 0.481 e. The second kappa shape index (κ2) is 5.11. The molecule has 0 bridgehead atoms. The standard InChI is InChI=1S/C11H13N3O2S/c12-8(4-11(15)16)3-10-14-9(6-17-10)7-1-2-13-5-7/h1-2,5-6,8,13H,3-4,12H2,(H,15,16). The molecular weight excluding hydrogens is 238 g/mol. The van der Waals surface area contributed by atoms with Crippen LogP contribution in [0.25, 0.3) is 11.3 Å². The van der Waals surface area contributed by atoms with Crippen LogP contribution in [0.4, 0.5) is 0 Å². The summed E-state index contributed by atoms with van der Waals surface area (Å²) in [5, 5.41) is 11.4. The highest BCUT2D eigenvalue weighted by Crippen LogP contribution is 2.22. The molecule has 0 fully saturated rings.